The van der Waals surface area contributed by atoms with E-state index < -0.39 is 5.60 Å². The lowest BCUT2D eigenvalue weighted by atomic mass is 9.47. The molecule has 0 radical (unpaired) electrons. The molecule has 1 saturated heterocycles. The second-order valence-corrected chi connectivity index (χ2v) is 9.75. The van der Waals surface area contributed by atoms with Crippen LogP contribution < -0.4 is 0 Å². The van der Waals surface area contributed by atoms with Gasteiger partial charge >= 0.3 is 0 Å². The summed E-state index contributed by atoms with van der Waals surface area (Å²) in [5, 5.41) is 10.1. The largest absolute Gasteiger partial charge is 0.393 e. The van der Waals surface area contributed by atoms with Crippen LogP contribution in [0.15, 0.2) is 11.6 Å². The molecule has 3 heteroatoms. The predicted molar refractivity (Wildman–Crippen MR) is 91.4 cm³/mol. The molecule has 3 nitrogen and oxygen atoms in total. The average Bonchev–Trinajstić information content (AvgIpc) is 3.21. The van der Waals surface area contributed by atoms with Crippen molar-refractivity contribution in [1.82, 2.24) is 0 Å². The van der Waals surface area contributed by atoms with Gasteiger partial charge in [0.15, 0.2) is 11.4 Å². The number of rotatable bonds is 1. The van der Waals surface area contributed by atoms with Gasteiger partial charge in [0.25, 0.3) is 0 Å². The van der Waals surface area contributed by atoms with Gasteiger partial charge in [-0.25, -0.2) is 0 Å². The van der Waals surface area contributed by atoms with Crippen LogP contribution in [0.2, 0.25) is 0 Å². The number of Topliss-reactive ketones (excluding diaryl/α,β-unsaturated/α-hetero) is 1. The fourth-order valence-corrected chi connectivity index (χ4v) is 7.71. The molecule has 132 valence electrons. The molecule has 24 heavy (non-hydrogen) atoms. The van der Waals surface area contributed by atoms with Crippen LogP contribution in [0.4, 0.5) is 0 Å². The van der Waals surface area contributed by atoms with E-state index in [-0.39, 0.29) is 28.8 Å². The summed E-state index contributed by atoms with van der Waals surface area (Å²) in [5.41, 5.74) is 1.39. The molecule has 1 aliphatic heterocycles. The van der Waals surface area contributed by atoms with Crippen LogP contribution in [0.1, 0.15) is 65.7 Å². The SMILES string of the molecule is CC(=O)[C@@]12O[C@@H]1C[C@@H]1[C@H]3CC=C4C[C@@H](O)CC[C@]4(C)[C@@H]3CC[C@]12C. The summed E-state index contributed by atoms with van der Waals surface area (Å²) in [5.74, 6) is 2.31. The Morgan fingerprint density at radius 3 is 2.79 bits per heavy atom. The lowest BCUT2D eigenvalue weighted by molar-refractivity contribution is -0.135. The van der Waals surface area contributed by atoms with Gasteiger partial charge in [-0.1, -0.05) is 25.5 Å². The van der Waals surface area contributed by atoms with Crippen LogP contribution in [0, 0.1) is 28.6 Å². The Morgan fingerprint density at radius 1 is 1.25 bits per heavy atom. The monoisotopic (exact) mass is 330 g/mol. The smallest absolute Gasteiger partial charge is 0.164 e. The fourth-order valence-electron chi connectivity index (χ4n) is 7.71. The van der Waals surface area contributed by atoms with Crippen LogP contribution >= 0.6 is 0 Å². The van der Waals surface area contributed by atoms with Crippen molar-refractivity contribution in [3.63, 3.8) is 0 Å². The van der Waals surface area contributed by atoms with Crippen molar-refractivity contribution in [2.45, 2.75) is 83.5 Å². The number of carbonyl (C=O) groups is 1. The molecule has 1 heterocycles. The van der Waals surface area contributed by atoms with Gasteiger partial charge in [-0.3, -0.25) is 4.79 Å². The first kappa shape index (κ1) is 15.6. The maximum atomic E-state index is 12.4. The number of ether oxygens (including phenoxy) is 1. The van der Waals surface area contributed by atoms with E-state index in [0.29, 0.717) is 11.8 Å². The molecule has 0 spiro atoms. The van der Waals surface area contributed by atoms with E-state index in [4.69, 9.17) is 4.74 Å². The van der Waals surface area contributed by atoms with Crippen molar-refractivity contribution in [1.29, 1.82) is 0 Å². The Hall–Kier alpha value is -0.670. The Kier molecular flexibility index (Phi) is 2.94. The molecule has 3 saturated carbocycles. The second-order valence-electron chi connectivity index (χ2n) is 9.75. The van der Waals surface area contributed by atoms with E-state index in [1.807, 2.05) is 0 Å². The summed E-state index contributed by atoms with van der Waals surface area (Å²) in [6, 6.07) is 0. The van der Waals surface area contributed by atoms with Crippen molar-refractivity contribution < 1.29 is 14.6 Å². The summed E-state index contributed by atoms with van der Waals surface area (Å²) in [6.45, 7) is 6.54. The van der Waals surface area contributed by atoms with Crippen molar-refractivity contribution in [3.8, 4) is 0 Å². The van der Waals surface area contributed by atoms with E-state index >= 15 is 0 Å². The number of carbonyl (C=O) groups excluding carboxylic acids is 1. The van der Waals surface area contributed by atoms with Crippen molar-refractivity contribution in [3.05, 3.63) is 11.6 Å². The topological polar surface area (TPSA) is 49.8 Å². The van der Waals surface area contributed by atoms with Crippen LogP contribution in [-0.4, -0.2) is 28.7 Å². The Morgan fingerprint density at radius 2 is 2.04 bits per heavy atom. The standard InChI is InChI=1S/C21H30O3/c1-12(22)21-18(24-21)11-17-15-5-4-13-10-14(23)6-8-19(13,2)16(15)7-9-20(17,21)3/h4,14-18,23H,5-11H2,1-3H3/t14-,15-,16+,17+,18+,19-,20+,21+/m0/s1. The van der Waals surface area contributed by atoms with Gasteiger partial charge < -0.3 is 9.84 Å². The Bertz CT molecular complexity index is 639. The third kappa shape index (κ3) is 1.60. The van der Waals surface area contributed by atoms with Gasteiger partial charge in [-0.05, 0) is 75.0 Å². The number of hydrogen-bond acceptors (Lipinski definition) is 3. The fraction of sp³-hybridized carbons (Fsp3) is 0.857. The van der Waals surface area contributed by atoms with Crippen LogP contribution in [-0.2, 0) is 9.53 Å². The van der Waals surface area contributed by atoms with Crippen LogP contribution in [0.3, 0.4) is 0 Å². The second kappa shape index (κ2) is 4.54. The quantitative estimate of drug-likeness (QED) is 0.590. The van der Waals surface area contributed by atoms with Gasteiger partial charge in [-0.15, -0.1) is 0 Å². The molecule has 0 aromatic heterocycles. The molecule has 0 bridgehead atoms. The third-order valence-electron chi connectivity index (χ3n) is 9.03. The van der Waals surface area contributed by atoms with E-state index in [0.717, 1.165) is 44.4 Å². The minimum atomic E-state index is -0.448. The molecule has 0 unspecified atom stereocenters. The van der Waals surface area contributed by atoms with Crippen molar-refractivity contribution >= 4 is 5.78 Å². The molecule has 5 aliphatic rings. The number of aliphatic hydroxyl groups is 1. The van der Waals surface area contributed by atoms with E-state index in [1.165, 1.54) is 12.0 Å². The minimum Gasteiger partial charge on any atom is -0.393 e. The normalized spacial score (nSPS) is 58.0. The summed E-state index contributed by atoms with van der Waals surface area (Å²) in [7, 11) is 0. The molecule has 1 N–H and O–H groups in total. The highest BCUT2D eigenvalue weighted by molar-refractivity contribution is 5.90. The minimum absolute atomic E-state index is 0.0422. The van der Waals surface area contributed by atoms with Gasteiger partial charge in [0.1, 0.15) is 0 Å². The van der Waals surface area contributed by atoms with Crippen LogP contribution in [0.5, 0.6) is 0 Å². The van der Waals surface area contributed by atoms with Crippen LogP contribution in [0.25, 0.3) is 0 Å². The number of allylic oxidation sites excluding steroid dienone is 1. The summed E-state index contributed by atoms with van der Waals surface area (Å²) >= 11 is 0. The molecule has 4 fully saturated rings. The highest BCUT2D eigenvalue weighted by Crippen LogP contribution is 2.73. The molecular formula is C21H30O3. The molecular weight excluding hydrogens is 300 g/mol. The van der Waals surface area contributed by atoms with E-state index in [1.54, 1.807) is 6.92 Å². The first-order valence-electron chi connectivity index (χ1n) is 9.89. The maximum absolute atomic E-state index is 12.4. The first-order valence-corrected chi connectivity index (χ1v) is 9.89. The van der Waals surface area contributed by atoms with E-state index in [2.05, 4.69) is 19.9 Å². The van der Waals surface area contributed by atoms with Gasteiger partial charge in [0.05, 0.1) is 12.2 Å². The molecule has 5 rings (SSSR count). The Balaban J connectivity index is 1.51. The number of hydrogen-bond donors (Lipinski definition) is 1. The summed E-state index contributed by atoms with van der Waals surface area (Å²) in [4.78, 5) is 12.4. The zero-order valence-corrected chi connectivity index (χ0v) is 15.2. The Labute approximate surface area is 144 Å². The van der Waals surface area contributed by atoms with Gasteiger partial charge in [-0.2, -0.15) is 0 Å². The van der Waals surface area contributed by atoms with Crippen molar-refractivity contribution in [2.24, 2.45) is 28.6 Å². The zero-order valence-electron chi connectivity index (χ0n) is 15.2. The van der Waals surface area contributed by atoms with Gasteiger partial charge in [0.2, 0.25) is 0 Å². The van der Waals surface area contributed by atoms with E-state index in [9.17, 15) is 9.90 Å². The number of aliphatic hydroxyl groups excluding tert-OH is 1. The lowest BCUT2D eigenvalue weighted by Crippen LogP contribution is -2.54. The molecule has 8 atom stereocenters. The lowest BCUT2D eigenvalue weighted by Gasteiger charge is -2.58. The number of ketones is 1. The summed E-state index contributed by atoms with van der Waals surface area (Å²) < 4.78 is 6.00. The number of fused-ring (bicyclic) bond motifs is 7. The molecule has 0 aromatic rings. The predicted octanol–water partition coefficient (Wildman–Crippen LogP) is 3.65. The summed E-state index contributed by atoms with van der Waals surface area (Å²) in [6.07, 6.45) is 10.0. The zero-order chi connectivity index (χ0) is 16.9. The first-order chi connectivity index (χ1) is 11.3. The number of epoxide rings is 1. The van der Waals surface area contributed by atoms with Gasteiger partial charge in [0, 0.05) is 5.41 Å². The highest BCUT2D eigenvalue weighted by atomic mass is 16.6. The molecule has 0 aromatic carbocycles. The van der Waals surface area contributed by atoms with Crippen molar-refractivity contribution in [2.75, 3.05) is 0 Å². The third-order valence-corrected chi connectivity index (χ3v) is 9.03. The molecule has 4 aliphatic carbocycles. The molecule has 0 amide bonds. The maximum Gasteiger partial charge on any atom is 0.164 e. The average molecular weight is 330 g/mol. The highest BCUT2D eigenvalue weighted by Gasteiger charge is 2.79.